The normalized spacial score (nSPS) is 26.7. The van der Waals surface area contributed by atoms with Gasteiger partial charge < -0.3 is 5.73 Å². The fourth-order valence-electron chi connectivity index (χ4n) is 2.00. The standard InChI is InChI=1S/C10H20N2O2S/c1-2-3-7-15(13,14)12-10-6-4-5-9(10)8-11/h2,9-10,12H,1,3-8,11H2/t9-,10-/m1/s1. The van der Waals surface area contributed by atoms with Crippen LogP contribution in [0, 0.1) is 5.92 Å². The van der Waals surface area contributed by atoms with E-state index in [0.717, 1.165) is 19.3 Å². The Labute approximate surface area is 92.0 Å². The lowest BCUT2D eigenvalue weighted by Gasteiger charge is -2.19. The van der Waals surface area contributed by atoms with E-state index in [-0.39, 0.29) is 11.8 Å². The summed E-state index contributed by atoms with van der Waals surface area (Å²) in [6, 6.07) is 0.0461. The minimum atomic E-state index is -3.15. The molecule has 4 nitrogen and oxygen atoms in total. The Kier molecular flexibility index (Phi) is 4.76. The van der Waals surface area contributed by atoms with Gasteiger partial charge in [-0.05, 0) is 31.7 Å². The van der Waals surface area contributed by atoms with E-state index in [4.69, 9.17) is 5.73 Å². The number of nitrogens with two attached hydrogens (primary N) is 1. The van der Waals surface area contributed by atoms with Gasteiger partial charge in [-0.1, -0.05) is 12.5 Å². The quantitative estimate of drug-likeness (QED) is 0.659. The minimum Gasteiger partial charge on any atom is -0.330 e. The summed E-state index contributed by atoms with van der Waals surface area (Å²) in [5, 5.41) is 0. The van der Waals surface area contributed by atoms with Crippen molar-refractivity contribution < 1.29 is 8.42 Å². The van der Waals surface area contributed by atoms with Crippen LogP contribution in [0.25, 0.3) is 0 Å². The highest BCUT2D eigenvalue weighted by Gasteiger charge is 2.29. The molecule has 0 aromatic carbocycles. The Morgan fingerprint density at radius 1 is 1.47 bits per heavy atom. The molecule has 3 N–H and O–H groups in total. The van der Waals surface area contributed by atoms with Crippen molar-refractivity contribution in [2.45, 2.75) is 31.7 Å². The molecule has 0 saturated heterocycles. The zero-order valence-electron chi connectivity index (χ0n) is 8.98. The lowest BCUT2D eigenvalue weighted by molar-refractivity contribution is 0.453. The van der Waals surface area contributed by atoms with Gasteiger partial charge in [0, 0.05) is 6.04 Å². The molecule has 1 aliphatic carbocycles. The SMILES string of the molecule is C=CCCS(=O)(=O)N[C@@H]1CCC[C@@H]1CN. The van der Waals surface area contributed by atoms with Gasteiger partial charge in [0.25, 0.3) is 0 Å². The van der Waals surface area contributed by atoms with Gasteiger partial charge in [0.1, 0.15) is 0 Å². The molecule has 0 aliphatic heterocycles. The molecule has 1 fully saturated rings. The van der Waals surface area contributed by atoms with E-state index in [1.54, 1.807) is 6.08 Å². The Morgan fingerprint density at radius 3 is 2.80 bits per heavy atom. The Hall–Kier alpha value is -0.390. The van der Waals surface area contributed by atoms with Gasteiger partial charge in [-0.25, -0.2) is 13.1 Å². The van der Waals surface area contributed by atoms with E-state index in [1.165, 1.54) is 0 Å². The molecule has 88 valence electrons. The van der Waals surface area contributed by atoms with E-state index in [0.29, 0.717) is 18.9 Å². The summed E-state index contributed by atoms with van der Waals surface area (Å²) in [6.45, 7) is 4.08. The molecule has 0 radical (unpaired) electrons. The Bertz CT molecular complexity index is 301. The third-order valence-electron chi connectivity index (χ3n) is 2.88. The number of nitrogens with one attached hydrogen (secondary N) is 1. The molecular formula is C10H20N2O2S. The van der Waals surface area contributed by atoms with E-state index in [1.807, 2.05) is 0 Å². The zero-order valence-corrected chi connectivity index (χ0v) is 9.80. The highest BCUT2D eigenvalue weighted by molar-refractivity contribution is 7.89. The van der Waals surface area contributed by atoms with E-state index in [2.05, 4.69) is 11.3 Å². The highest BCUT2D eigenvalue weighted by atomic mass is 32.2. The average molecular weight is 232 g/mol. The topological polar surface area (TPSA) is 72.2 Å². The second-order valence-corrected chi connectivity index (χ2v) is 5.92. The summed E-state index contributed by atoms with van der Waals surface area (Å²) < 4.78 is 25.9. The fourth-order valence-corrected chi connectivity index (χ4v) is 3.37. The van der Waals surface area contributed by atoms with Crippen LogP contribution in [-0.4, -0.2) is 26.8 Å². The van der Waals surface area contributed by atoms with Crippen LogP contribution in [0.2, 0.25) is 0 Å². The van der Waals surface area contributed by atoms with E-state index < -0.39 is 10.0 Å². The molecule has 1 saturated carbocycles. The van der Waals surface area contributed by atoms with Crippen molar-refractivity contribution in [1.29, 1.82) is 0 Å². The molecule has 0 heterocycles. The van der Waals surface area contributed by atoms with Gasteiger partial charge >= 0.3 is 0 Å². The largest absolute Gasteiger partial charge is 0.330 e. The number of sulfonamides is 1. The number of allylic oxidation sites excluding steroid dienone is 1. The lowest BCUT2D eigenvalue weighted by atomic mass is 10.1. The number of hydrogen-bond acceptors (Lipinski definition) is 3. The second-order valence-electron chi connectivity index (χ2n) is 4.05. The van der Waals surface area contributed by atoms with Crippen LogP contribution in [-0.2, 0) is 10.0 Å². The first-order valence-corrected chi connectivity index (χ1v) is 7.05. The molecule has 0 spiro atoms. The van der Waals surface area contributed by atoms with Crippen LogP contribution >= 0.6 is 0 Å². The zero-order chi connectivity index (χ0) is 11.3. The predicted molar refractivity (Wildman–Crippen MR) is 61.9 cm³/mol. The van der Waals surface area contributed by atoms with Gasteiger partial charge in [0.15, 0.2) is 0 Å². The summed E-state index contributed by atoms with van der Waals surface area (Å²) in [5.74, 6) is 0.438. The van der Waals surface area contributed by atoms with E-state index in [9.17, 15) is 8.42 Å². The smallest absolute Gasteiger partial charge is 0.212 e. The Balaban J connectivity index is 2.49. The molecule has 5 heteroatoms. The van der Waals surface area contributed by atoms with Crippen molar-refractivity contribution in [3.05, 3.63) is 12.7 Å². The number of rotatable bonds is 6. The molecule has 1 rings (SSSR count). The summed E-state index contributed by atoms with van der Waals surface area (Å²) in [5.41, 5.74) is 5.59. The van der Waals surface area contributed by atoms with Crippen molar-refractivity contribution >= 4 is 10.0 Å². The first-order chi connectivity index (χ1) is 7.09. The summed E-state index contributed by atoms with van der Waals surface area (Å²) >= 11 is 0. The van der Waals surface area contributed by atoms with Crippen molar-refractivity contribution in [3.8, 4) is 0 Å². The molecule has 2 atom stereocenters. The van der Waals surface area contributed by atoms with Crippen LogP contribution in [0.3, 0.4) is 0 Å². The first kappa shape index (κ1) is 12.7. The van der Waals surface area contributed by atoms with Gasteiger partial charge in [-0.15, -0.1) is 6.58 Å². The minimum absolute atomic E-state index is 0.0461. The average Bonchev–Trinajstić information content (AvgIpc) is 2.61. The van der Waals surface area contributed by atoms with Crippen LogP contribution in [0.1, 0.15) is 25.7 Å². The molecular weight excluding hydrogens is 212 g/mol. The van der Waals surface area contributed by atoms with Crippen molar-refractivity contribution in [3.63, 3.8) is 0 Å². The van der Waals surface area contributed by atoms with Gasteiger partial charge in [0.05, 0.1) is 5.75 Å². The molecule has 0 unspecified atom stereocenters. The molecule has 15 heavy (non-hydrogen) atoms. The summed E-state index contributed by atoms with van der Waals surface area (Å²) in [4.78, 5) is 0. The summed E-state index contributed by atoms with van der Waals surface area (Å²) in [6.07, 6.45) is 5.13. The highest BCUT2D eigenvalue weighted by Crippen LogP contribution is 2.25. The molecule has 0 bridgehead atoms. The Morgan fingerprint density at radius 2 is 2.20 bits per heavy atom. The maximum Gasteiger partial charge on any atom is 0.212 e. The van der Waals surface area contributed by atoms with Crippen LogP contribution in [0.5, 0.6) is 0 Å². The second kappa shape index (κ2) is 5.63. The van der Waals surface area contributed by atoms with Crippen LogP contribution in [0.15, 0.2) is 12.7 Å². The molecule has 0 aromatic rings. The molecule has 0 amide bonds. The summed E-state index contributed by atoms with van der Waals surface area (Å²) in [7, 11) is -3.15. The molecule has 0 aromatic heterocycles. The lowest BCUT2D eigenvalue weighted by Crippen LogP contribution is -2.40. The predicted octanol–water partition coefficient (Wildman–Crippen LogP) is 0.609. The third-order valence-corrected chi connectivity index (χ3v) is 4.32. The maximum atomic E-state index is 11.6. The van der Waals surface area contributed by atoms with Crippen molar-refractivity contribution in [2.75, 3.05) is 12.3 Å². The fraction of sp³-hybridized carbons (Fsp3) is 0.800. The van der Waals surface area contributed by atoms with Crippen LogP contribution < -0.4 is 10.5 Å². The van der Waals surface area contributed by atoms with Crippen molar-refractivity contribution in [1.82, 2.24) is 4.72 Å². The first-order valence-electron chi connectivity index (χ1n) is 5.40. The number of hydrogen-bond donors (Lipinski definition) is 2. The van der Waals surface area contributed by atoms with E-state index >= 15 is 0 Å². The van der Waals surface area contributed by atoms with Gasteiger partial charge in [-0.2, -0.15) is 0 Å². The monoisotopic (exact) mass is 232 g/mol. The third kappa shape index (κ3) is 3.93. The maximum absolute atomic E-state index is 11.6. The van der Waals surface area contributed by atoms with Crippen molar-refractivity contribution in [2.24, 2.45) is 11.7 Å². The van der Waals surface area contributed by atoms with Crippen LogP contribution in [0.4, 0.5) is 0 Å². The van der Waals surface area contributed by atoms with Gasteiger partial charge in [0.2, 0.25) is 10.0 Å². The molecule has 1 aliphatic rings. The van der Waals surface area contributed by atoms with Gasteiger partial charge in [-0.3, -0.25) is 0 Å².